The van der Waals surface area contributed by atoms with E-state index in [0.717, 1.165) is 23.1 Å². The van der Waals surface area contributed by atoms with Gasteiger partial charge in [0.25, 0.3) is 0 Å². The smallest absolute Gasteiger partial charge is 0.315 e. The molecule has 0 bridgehead atoms. The number of carbonyl (C=O) groups excluding carboxylic acids is 4. The van der Waals surface area contributed by atoms with Crippen LogP contribution in [0.15, 0.2) is 46.1 Å². The SMILES string of the molecule is CCCN(CCC1CNC(=O)N1)C(=O)C1=Cc2ccc(-c3cnc(CNC(=O)CCOCCOCCOCCOCCOCCOCCOCCOCCOCCOCCC(=O)Oc4c(F)c(F)c(SO)c(F)c4F)nc3)cc2N=C(N)C1. The molecular weight excluding hydrogens is 1120 g/mol. The molecule has 1 unspecified atom stereocenters. The standard InChI is InChI=1S/C54H74F4N8O16S/c1-2-8-66(9-5-41-35-63-54(70)64-41)53(69)39-30-38-4-3-37(31-42(38)65-43(59)32-39)40-33-60-44(61-34-40)36-62-45(67)6-10-72-12-14-74-16-18-76-20-22-78-24-26-80-28-29-81-27-25-79-23-21-77-19-17-75-15-13-73-11-7-46(68)82-51-47(55)49(57)52(83-71)50(58)48(51)56/h3-4,30-31,33-34,41,71H,2,5-29,32,35-36H2,1H3,(H2,59,65)(H,62,67)(H2,63,64,70). The van der Waals surface area contributed by atoms with Crippen LogP contribution in [0.3, 0.4) is 0 Å². The molecule has 24 nitrogen and oxygen atoms in total. The Morgan fingerprint density at radius 2 is 1.19 bits per heavy atom. The lowest BCUT2D eigenvalue weighted by Gasteiger charge is -2.24. The van der Waals surface area contributed by atoms with Crippen LogP contribution < -0.4 is 26.4 Å². The number of nitrogens with one attached hydrogen (secondary N) is 3. The summed E-state index contributed by atoms with van der Waals surface area (Å²) in [5.74, 6) is -9.96. The number of nitrogens with zero attached hydrogens (tertiary/aromatic N) is 4. The van der Waals surface area contributed by atoms with Crippen molar-refractivity contribution in [3.63, 3.8) is 0 Å². The highest BCUT2D eigenvalue weighted by Crippen LogP contribution is 2.35. The molecule has 0 aliphatic carbocycles. The molecule has 0 spiro atoms. The van der Waals surface area contributed by atoms with Gasteiger partial charge in [0, 0.05) is 79.7 Å². The van der Waals surface area contributed by atoms with E-state index in [1.807, 2.05) is 31.2 Å². The van der Waals surface area contributed by atoms with E-state index in [2.05, 4.69) is 35.6 Å². The fourth-order valence-corrected chi connectivity index (χ4v) is 8.01. The minimum atomic E-state index is -1.95. The van der Waals surface area contributed by atoms with E-state index < -0.39 is 58.3 Å². The van der Waals surface area contributed by atoms with Gasteiger partial charge in [-0.3, -0.25) is 14.4 Å². The van der Waals surface area contributed by atoms with Crippen molar-refractivity contribution < 1.29 is 93.4 Å². The Bertz CT molecular complexity index is 2510. The fourth-order valence-electron chi connectivity index (χ4n) is 7.67. The highest BCUT2D eigenvalue weighted by Gasteiger charge is 2.29. The summed E-state index contributed by atoms with van der Waals surface area (Å²) < 4.78 is 123. The summed E-state index contributed by atoms with van der Waals surface area (Å²) in [6.07, 6.45) is 6.53. The second kappa shape index (κ2) is 39.6. The van der Waals surface area contributed by atoms with Crippen molar-refractivity contribution in [2.24, 2.45) is 10.7 Å². The first-order valence-electron chi connectivity index (χ1n) is 27.1. The Labute approximate surface area is 482 Å². The summed E-state index contributed by atoms with van der Waals surface area (Å²) in [5.41, 5.74) is 9.82. The summed E-state index contributed by atoms with van der Waals surface area (Å²) in [7, 11) is 0. The Kier molecular flexibility index (Phi) is 32.3. The van der Waals surface area contributed by atoms with E-state index >= 15 is 0 Å². The van der Waals surface area contributed by atoms with Crippen LogP contribution in [0.4, 0.5) is 28.0 Å². The molecule has 83 heavy (non-hydrogen) atoms. The van der Waals surface area contributed by atoms with Crippen molar-refractivity contribution in [3.05, 3.63) is 70.8 Å². The Balaban J connectivity index is 0.749. The lowest BCUT2D eigenvalue weighted by atomic mass is 10.0. The molecule has 1 atom stereocenters. The molecule has 3 aromatic rings. The Morgan fingerprint density at radius 1 is 0.699 bits per heavy atom. The number of hydrogen-bond donors (Lipinski definition) is 5. The largest absolute Gasteiger partial charge is 0.420 e. The van der Waals surface area contributed by atoms with Gasteiger partial charge in [-0.2, -0.15) is 8.78 Å². The van der Waals surface area contributed by atoms with Gasteiger partial charge in [0.15, 0.2) is 11.6 Å². The van der Waals surface area contributed by atoms with E-state index in [1.54, 1.807) is 17.3 Å². The number of nitrogens with two attached hydrogens (primary N) is 1. The predicted octanol–water partition coefficient (Wildman–Crippen LogP) is 4.52. The highest BCUT2D eigenvalue weighted by molar-refractivity contribution is 7.93. The normalized spacial score (nSPS) is 13.9. The number of ether oxygens (including phenoxy) is 11. The summed E-state index contributed by atoms with van der Waals surface area (Å²) in [6.45, 7) is 9.94. The Morgan fingerprint density at radius 3 is 1.66 bits per heavy atom. The molecule has 6 N–H and O–H groups in total. The number of benzene rings is 2. The molecule has 460 valence electrons. The number of amidine groups is 1. The molecule has 1 saturated heterocycles. The van der Waals surface area contributed by atoms with Crippen molar-refractivity contribution in [1.29, 1.82) is 0 Å². The van der Waals surface area contributed by atoms with Crippen LogP contribution in [0, 0.1) is 23.3 Å². The van der Waals surface area contributed by atoms with Crippen molar-refractivity contribution in [1.82, 2.24) is 30.8 Å². The first kappa shape index (κ1) is 67.8. The summed E-state index contributed by atoms with van der Waals surface area (Å²) in [5, 5.41) is 8.43. The third kappa shape index (κ3) is 25.4. The molecule has 4 amide bonds. The number of fused-ring (bicyclic) bond motifs is 1. The van der Waals surface area contributed by atoms with Gasteiger partial charge in [-0.05, 0) is 30.5 Å². The number of urea groups is 1. The average molecular weight is 1200 g/mol. The zero-order valence-corrected chi connectivity index (χ0v) is 47.2. The maximum absolute atomic E-state index is 13.9. The van der Waals surface area contributed by atoms with E-state index in [-0.39, 0.29) is 76.3 Å². The molecule has 5 rings (SSSR count). The van der Waals surface area contributed by atoms with Gasteiger partial charge in [0.1, 0.15) is 16.6 Å². The molecule has 2 aromatic carbocycles. The number of esters is 1. The molecule has 2 aliphatic rings. The third-order valence-electron chi connectivity index (χ3n) is 11.9. The van der Waals surface area contributed by atoms with Crippen LogP contribution in [-0.4, -0.2) is 207 Å². The predicted molar refractivity (Wildman–Crippen MR) is 293 cm³/mol. The van der Waals surface area contributed by atoms with E-state index in [1.165, 1.54) is 0 Å². The second-order valence-electron chi connectivity index (χ2n) is 18.1. The van der Waals surface area contributed by atoms with E-state index in [0.29, 0.717) is 148 Å². The van der Waals surface area contributed by atoms with Crippen molar-refractivity contribution in [2.45, 2.75) is 56.5 Å². The monoisotopic (exact) mass is 1200 g/mol. The van der Waals surface area contributed by atoms with Crippen molar-refractivity contribution in [3.8, 4) is 16.9 Å². The number of amides is 4. The molecule has 29 heteroatoms. The first-order valence-corrected chi connectivity index (χ1v) is 27.9. The number of carbonyl (C=O) groups is 4. The minimum absolute atomic E-state index is 0.0273. The molecular formula is C54H74F4N8O16S. The minimum Gasteiger partial charge on any atom is -0.420 e. The van der Waals surface area contributed by atoms with Gasteiger partial charge in [-0.25, -0.2) is 28.5 Å². The highest BCUT2D eigenvalue weighted by atomic mass is 32.2. The van der Waals surface area contributed by atoms with Gasteiger partial charge in [0.05, 0.1) is 151 Å². The number of hydrogen-bond acceptors (Lipinski definition) is 21. The fraction of sp³-hybridized carbons (Fsp3) is 0.574. The number of halogens is 4. The van der Waals surface area contributed by atoms with Gasteiger partial charge in [-0.15, -0.1) is 0 Å². The van der Waals surface area contributed by atoms with Gasteiger partial charge < -0.3 is 83.2 Å². The quantitative estimate of drug-likeness (QED) is 0.0130. The summed E-state index contributed by atoms with van der Waals surface area (Å²) >= 11 is -0.523. The number of aliphatic imine (C=N–C) groups is 1. The lowest BCUT2D eigenvalue weighted by molar-refractivity contribution is -0.136. The van der Waals surface area contributed by atoms with Crippen LogP contribution in [0.1, 0.15) is 50.4 Å². The third-order valence-corrected chi connectivity index (χ3v) is 12.4. The van der Waals surface area contributed by atoms with Gasteiger partial charge in [-0.1, -0.05) is 19.1 Å². The zero-order valence-electron chi connectivity index (χ0n) is 46.4. The second-order valence-corrected chi connectivity index (χ2v) is 18.7. The van der Waals surface area contributed by atoms with Crippen molar-refractivity contribution in [2.75, 3.05) is 152 Å². The molecule has 0 saturated carbocycles. The zero-order chi connectivity index (χ0) is 59.4. The summed E-state index contributed by atoms with van der Waals surface area (Å²) in [4.78, 5) is 63.5. The number of aromatic nitrogens is 2. The molecule has 2 aliphatic heterocycles. The maximum atomic E-state index is 13.9. The summed E-state index contributed by atoms with van der Waals surface area (Å²) in [6, 6.07) is 5.46. The van der Waals surface area contributed by atoms with Crippen LogP contribution in [0.5, 0.6) is 5.75 Å². The number of rotatable bonds is 44. The van der Waals surface area contributed by atoms with Crippen molar-refractivity contribution >= 4 is 53.5 Å². The maximum Gasteiger partial charge on any atom is 0.315 e. The molecule has 3 heterocycles. The molecule has 1 fully saturated rings. The van der Waals surface area contributed by atoms with Crippen LogP contribution >= 0.6 is 12.0 Å². The molecule has 0 radical (unpaired) electrons. The molecule has 1 aromatic heterocycles. The average Bonchev–Trinajstić information content (AvgIpc) is 3.89. The lowest BCUT2D eigenvalue weighted by Crippen LogP contribution is -2.38. The van der Waals surface area contributed by atoms with Crippen LogP contribution in [-0.2, 0) is 68.3 Å². The van der Waals surface area contributed by atoms with Gasteiger partial charge >= 0.3 is 12.0 Å². The van der Waals surface area contributed by atoms with Gasteiger partial charge in [0.2, 0.25) is 29.2 Å². The topological polar surface area (TPSA) is 294 Å². The van der Waals surface area contributed by atoms with E-state index in [9.17, 15) is 36.7 Å². The van der Waals surface area contributed by atoms with E-state index in [4.69, 9.17) is 57.7 Å². The van der Waals surface area contributed by atoms with Crippen LogP contribution in [0.25, 0.3) is 17.2 Å². The van der Waals surface area contributed by atoms with Crippen LogP contribution in [0.2, 0.25) is 0 Å². The first-order chi connectivity index (χ1) is 40.4. The Hall–Kier alpha value is -5.96.